The van der Waals surface area contributed by atoms with Crippen molar-refractivity contribution < 1.29 is 0 Å². The highest BCUT2D eigenvalue weighted by atomic mass is 32.1. The Balaban J connectivity index is 1.13. The number of nitrogens with zero attached hydrogens (tertiary/aromatic N) is 3. The quantitative estimate of drug-likeness (QED) is 0.154. The number of benzene rings is 9. The fraction of sp³-hybridized carbons (Fsp3) is 0.308. The second-order valence-electron chi connectivity index (χ2n) is 29.4. The smallest absolute Gasteiger partial charge is 0.252 e. The number of fused-ring (bicyclic) bond motifs is 10. The van der Waals surface area contributed by atoms with E-state index in [0.717, 1.165) is 23.5 Å². The highest BCUT2D eigenvalue weighted by Gasteiger charge is 2.61. The summed E-state index contributed by atoms with van der Waals surface area (Å²) in [5, 5.41) is 2.65. The molecule has 1 aromatic heterocycles. The molecule has 1 fully saturated rings. The summed E-state index contributed by atoms with van der Waals surface area (Å²) in [6, 6.07) is 71.4. The van der Waals surface area contributed by atoms with Gasteiger partial charge in [0, 0.05) is 71.0 Å². The van der Waals surface area contributed by atoms with Crippen molar-refractivity contribution in [2.45, 2.75) is 155 Å². The third kappa shape index (κ3) is 8.32. The molecule has 1 saturated carbocycles. The molecule has 9 aromatic carbocycles. The predicted molar refractivity (Wildman–Crippen MR) is 362 cm³/mol. The van der Waals surface area contributed by atoms with E-state index in [1.807, 2.05) is 11.3 Å². The van der Waals surface area contributed by atoms with Crippen molar-refractivity contribution in [1.29, 1.82) is 0 Å². The number of hydrogen-bond donors (Lipinski definition) is 0. The lowest BCUT2D eigenvalue weighted by atomic mass is 9.33. The van der Waals surface area contributed by atoms with Gasteiger partial charge in [-0.25, -0.2) is 0 Å². The van der Waals surface area contributed by atoms with Gasteiger partial charge in [0.1, 0.15) is 0 Å². The van der Waals surface area contributed by atoms with E-state index >= 15 is 0 Å². The molecule has 2 unspecified atom stereocenters. The van der Waals surface area contributed by atoms with Crippen molar-refractivity contribution >= 4 is 100 Å². The van der Waals surface area contributed by atoms with Crippen molar-refractivity contribution in [3.05, 3.63) is 210 Å². The third-order valence-corrected chi connectivity index (χ3v) is 21.2. The summed E-state index contributed by atoms with van der Waals surface area (Å²) in [5.74, 6) is 0. The first kappa shape index (κ1) is 53.7. The molecule has 4 heterocycles. The zero-order chi connectivity index (χ0) is 57.9. The summed E-state index contributed by atoms with van der Waals surface area (Å²) in [6.45, 7) is 33.4. The molecule has 10 aromatic rings. The van der Waals surface area contributed by atoms with Crippen LogP contribution in [0, 0.1) is 0 Å². The molecule has 0 bridgehead atoms. The van der Waals surface area contributed by atoms with Crippen molar-refractivity contribution in [3.8, 4) is 22.3 Å². The topological polar surface area (TPSA) is 9.72 Å². The van der Waals surface area contributed by atoms with Crippen LogP contribution >= 0.6 is 11.3 Å². The summed E-state index contributed by atoms with van der Waals surface area (Å²) >= 11 is 1.94. The third-order valence-electron chi connectivity index (χ3n) is 20.0. The molecular weight excluding hydrogens is 1020 g/mol. The van der Waals surface area contributed by atoms with Gasteiger partial charge in [-0.1, -0.05) is 218 Å². The van der Waals surface area contributed by atoms with E-state index in [2.05, 4.69) is 294 Å². The van der Waals surface area contributed by atoms with E-state index in [1.165, 1.54) is 129 Å². The van der Waals surface area contributed by atoms with Crippen molar-refractivity contribution in [2.24, 2.45) is 0 Å². The van der Waals surface area contributed by atoms with Gasteiger partial charge in [-0.2, -0.15) is 0 Å². The lowest BCUT2D eigenvalue weighted by Gasteiger charge is -2.53. The molecule has 416 valence electrons. The summed E-state index contributed by atoms with van der Waals surface area (Å²) < 4.78 is 2.67. The van der Waals surface area contributed by atoms with Gasteiger partial charge < -0.3 is 14.7 Å². The van der Waals surface area contributed by atoms with E-state index in [4.69, 9.17) is 0 Å². The van der Waals surface area contributed by atoms with Gasteiger partial charge in [-0.15, -0.1) is 11.3 Å². The van der Waals surface area contributed by atoms with Crippen LogP contribution in [0.1, 0.15) is 150 Å². The molecule has 0 radical (unpaired) electrons. The second-order valence-corrected chi connectivity index (χ2v) is 30.4. The largest absolute Gasteiger partial charge is 0.335 e. The average Bonchev–Trinajstić information content (AvgIpc) is 1.69. The highest BCUT2D eigenvalue weighted by molar-refractivity contribution is 7.26. The van der Waals surface area contributed by atoms with Gasteiger partial charge in [0.05, 0.1) is 11.2 Å². The van der Waals surface area contributed by atoms with Crippen LogP contribution in [0.25, 0.3) is 42.4 Å². The molecule has 0 spiro atoms. The molecule has 0 N–H and O–H groups in total. The fourth-order valence-electron chi connectivity index (χ4n) is 15.0. The number of anilines is 8. The monoisotopic (exact) mass is 1100 g/mol. The van der Waals surface area contributed by atoms with Crippen LogP contribution in [0.15, 0.2) is 182 Å². The van der Waals surface area contributed by atoms with Gasteiger partial charge in [-0.3, -0.25) is 0 Å². The van der Waals surface area contributed by atoms with E-state index < -0.39 is 0 Å². The zero-order valence-electron chi connectivity index (χ0n) is 51.5. The molecule has 3 aliphatic heterocycles. The van der Waals surface area contributed by atoms with Crippen LogP contribution in [0.2, 0.25) is 0 Å². The van der Waals surface area contributed by atoms with Gasteiger partial charge in [-0.05, 0) is 169 Å². The minimum absolute atomic E-state index is 0.0172. The average molecular weight is 1100 g/mol. The van der Waals surface area contributed by atoms with Crippen LogP contribution in [0.4, 0.5) is 45.5 Å². The van der Waals surface area contributed by atoms with Crippen LogP contribution in [-0.4, -0.2) is 12.3 Å². The van der Waals surface area contributed by atoms with Gasteiger partial charge in [0.25, 0.3) is 6.71 Å². The van der Waals surface area contributed by atoms with E-state index in [9.17, 15) is 0 Å². The Morgan fingerprint density at radius 1 is 0.446 bits per heavy atom. The summed E-state index contributed by atoms with van der Waals surface area (Å²) in [5.41, 5.74) is 25.7. The maximum absolute atomic E-state index is 2.93. The van der Waals surface area contributed by atoms with Crippen LogP contribution in [0.3, 0.4) is 0 Å². The van der Waals surface area contributed by atoms with Gasteiger partial charge in [0.15, 0.2) is 0 Å². The molecule has 0 amide bonds. The Bertz CT molecular complexity index is 4180. The van der Waals surface area contributed by atoms with Gasteiger partial charge in [0.2, 0.25) is 0 Å². The minimum Gasteiger partial charge on any atom is -0.335 e. The molecule has 83 heavy (non-hydrogen) atoms. The first-order valence-corrected chi connectivity index (χ1v) is 31.5. The van der Waals surface area contributed by atoms with Crippen molar-refractivity contribution in [3.63, 3.8) is 0 Å². The standard InChI is InChI=1S/C78H80BN3S/c1-73(2,3)51-29-34-55(35-30-51)80(56-36-31-52(32-37-56)74(4,5)6)57-38-39-63-66(48-57)81(65-40-33-53(75(7,8)9)45-61(65)49-23-16-15-17-24-49)67-43-50(58-26-22-27-60-59-25-18-19-28-69(59)83-72(58)60)44-68-70(67)79(63)64-47-54(76(10,11)12)46-62-71(64)82(68)78(14)42-21-20-41-77(62,78)13/h15-19,22-40,43-48H,20-21,41-42H2,1-14H3. The lowest BCUT2D eigenvalue weighted by molar-refractivity contribution is 0.195. The van der Waals surface area contributed by atoms with E-state index in [1.54, 1.807) is 5.56 Å². The van der Waals surface area contributed by atoms with Crippen LogP contribution in [-0.2, 0) is 27.1 Å². The Kier molecular flexibility index (Phi) is 12.0. The molecule has 1 aliphatic carbocycles. The summed E-state index contributed by atoms with van der Waals surface area (Å²) in [6.07, 6.45) is 4.77. The highest BCUT2D eigenvalue weighted by Crippen LogP contribution is 2.63. The summed E-state index contributed by atoms with van der Waals surface area (Å²) in [7, 11) is 0. The van der Waals surface area contributed by atoms with Crippen LogP contribution < -0.4 is 31.1 Å². The molecule has 14 rings (SSSR count). The van der Waals surface area contributed by atoms with E-state index in [0.29, 0.717) is 0 Å². The predicted octanol–water partition coefficient (Wildman–Crippen LogP) is 20.4. The first-order valence-electron chi connectivity index (χ1n) is 30.7. The summed E-state index contributed by atoms with van der Waals surface area (Å²) in [4.78, 5) is 8.15. The lowest BCUT2D eigenvalue weighted by Crippen LogP contribution is -2.64. The van der Waals surface area contributed by atoms with Crippen molar-refractivity contribution in [1.82, 2.24) is 0 Å². The fourth-order valence-corrected chi connectivity index (χ4v) is 16.2. The van der Waals surface area contributed by atoms with Gasteiger partial charge >= 0.3 is 0 Å². The zero-order valence-corrected chi connectivity index (χ0v) is 52.3. The number of thiophene rings is 1. The SMILES string of the molecule is CC(C)(C)c1ccc(N(c2ccc(C(C)(C)C)cc2)c2ccc3c(c2)N(c2ccc(C(C)(C)C)cc2-c2ccccc2)c2cc(-c4cccc5c4sc4ccccc45)cc4c2B3c2cc(C(C)(C)C)cc3c2N4C2(C)CCCCC32C)cc1. The molecule has 2 atom stereocenters. The Hall–Kier alpha value is -7.34. The molecule has 0 saturated heterocycles. The number of hydrogen-bond acceptors (Lipinski definition) is 4. The maximum atomic E-state index is 2.93. The second kappa shape index (κ2) is 18.6. The Morgan fingerprint density at radius 2 is 1.04 bits per heavy atom. The normalized spacial score (nSPS) is 18.3. The Labute approximate surface area is 499 Å². The molecule has 4 aliphatic rings. The van der Waals surface area contributed by atoms with E-state index in [-0.39, 0.29) is 39.3 Å². The molecule has 3 nitrogen and oxygen atoms in total. The first-order chi connectivity index (χ1) is 39.4. The minimum atomic E-state index is -0.149. The molecular formula is C78H80BN3S. The Morgan fingerprint density at radius 3 is 1.70 bits per heavy atom. The number of rotatable bonds is 6. The van der Waals surface area contributed by atoms with Crippen molar-refractivity contribution in [2.75, 3.05) is 14.7 Å². The maximum Gasteiger partial charge on any atom is 0.252 e. The molecule has 5 heteroatoms. The van der Waals surface area contributed by atoms with Crippen LogP contribution in [0.5, 0.6) is 0 Å².